The van der Waals surface area contributed by atoms with Gasteiger partial charge in [0.2, 0.25) is 0 Å². The van der Waals surface area contributed by atoms with Crippen LogP contribution in [0, 0.1) is 17.3 Å². The maximum atomic E-state index is 4.86. The topological polar surface area (TPSA) is 24.7 Å². The first-order valence-corrected chi connectivity index (χ1v) is 7.39. The van der Waals surface area contributed by atoms with Crippen LogP contribution in [0.5, 0.6) is 0 Å². The van der Waals surface area contributed by atoms with Gasteiger partial charge in [-0.15, -0.1) is 6.58 Å². The molecule has 2 nitrogen and oxygen atoms in total. The second kappa shape index (κ2) is 3.49. The van der Waals surface area contributed by atoms with Crippen LogP contribution < -0.4 is 0 Å². The molecule has 1 heterocycles. The van der Waals surface area contributed by atoms with Gasteiger partial charge in [0.25, 0.3) is 0 Å². The highest BCUT2D eigenvalue weighted by Crippen LogP contribution is 2.74. The fourth-order valence-corrected chi connectivity index (χ4v) is 4.84. The van der Waals surface area contributed by atoms with E-state index in [0.717, 1.165) is 6.42 Å². The van der Waals surface area contributed by atoms with E-state index in [1.165, 1.54) is 5.56 Å². The van der Waals surface area contributed by atoms with Gasteiger partial charge in [0.05, 0.1) is 5.54 Å². The van der Waals surface area contributed by atoms with E-state index in [1.54, 1.807) is 0 Å². The van der Waals surface area contributed by atoms with Gasteiger partial charge in [-0.1, -0.05) is 55.5 Å². The number of hydrogen-bond acceptors (Lipinski definition) is 2. The Kier molecular flexibility index (Phi) is 2.11. The molecule has 102 valence electrons. The summed E-state index contributed by atoms with van der Waals surface area (Å²) in [5, 5.41) is 9.62. The Labute approximate surface area is 120 Å². The summed E-state index contributed by atoms with van der Waals surface area (Å²) in [6.07, 6.45) is 7.65. The lowest BCUT2D eigenvalue weighted by Crippen LogP contribution is -2.45. The molecule has 0 aromatic heterocycles. The van der Waals surface area contributed by atoms with Crippen molar-refractivity contribution in [2.45, 2.75) is 31.3 Å². The molecular formula is C18H20N2. The predicted octanol–water partition coefficient (Wildman–Crippen LogP) is 4.50. The zero-order chi connectivity index (χ0) is 14.0. The van der Waals surface area contributed by atoms with Crippen molar-refractivity contribution >= 4 is 0 Å². The van der Waals surface area contributed by atoms with Gasteiger partial charge in [-0.25, -0.2) is 0 Å². The average molecular weight is 264 g/mol. The first kappa shape index (κ1) is 12.1. The fraction of sp³-hybridized carbons (Fsp3) is 0.444. The second-order valence-electron chi connectivity index (χ2n) is 6.74. The van der Waals surface area contributed by atoms with Gasteiger partial charge in [-0.2, -0.15) is 10.2 Å². The summed E-state index contributed by atoms with van der Waals surface area (Å²) in [6.45, 7) is 8.61. The Hall–Kier alpha value is -1.70. The Morgan fingerprint density at radius 3 is 2.40 bits per heavy atom. The largest absolute Gasteiger partial charge is 0.185 e. The molecule has 20 heavy (non-hydrogen) atoms. The van der Waals surface area contributed by atoms with E-state index < -0.39 is 0 Å². The number of fused-ring (bicyclic) bond motifs is 5. The smallest absolute Gasteiger partial charge is 0.121 e. The van der Waals surface area contributed by atoms with Crippen LogP contribution in [-0.2, 0) is 5.54 Å². The van der Waals surface area contributed by atoms with Crippen LogP contribution in [0.25, 0.3) is 0 Å². The molecule has 2 heteroatoms. The van der Waals surface area contributed by atoms with Gasteiger partial charge in [-0.3, -0.25) is 0 Å². The average Bonchev–Trinajstić information content (AvgIpc) is 2.67. The standard InChI is InChI=1S/C18H20N2/c1-4-12-16(2)17(3)14-10-11-15(14)18(16,20-19-17)13-8-6-5-7-9-13/h4-11,14-15H,1,12H2,2-3H3/t14-,15+,16+,17-,18-/m0/s1. The second-order valence-corrected chi connectivity index (χ2v) is 6.74. The van der Waals surface area contributed by atoms with Gasteiger partial charge in [0.1, 0.15) is 5.54 Å². The van der Waals surface area contributed by atoms with E-state index in [4.69, 9.17) is 10.2 Å². The molecule has 0 N–H and O–H groups in total. The molecule has 0 amide bonds. The summed E-state index contributed by atoms with van der Waals surface area (Å²) in [4.78, 5) is 0. The monoisotopic (exact) mass is 264 g/mol. The third-order valence-electron chi connectivity index (χ3n) is 6.18. The molecular weight excluding hydrogens is 244 g/mol. The minimum atomic E-state index is -0.212. The lowest BCUT2D eigenvalue weighted by Gasteiger charge is -2.41. The zero-order valence-corrected chi connectivity index (χ0v) is 12.1. The Morgan fingerprint density at radius 2 is 1.80 bits per heavy atom. The van der Waals surface area contributed by atoms with Crippen LogP contribution in [0.1, 0.15) is 25.8 Å². The zero-order valence-electron chi connectivity index (χ0n) is 12.1. The minimum Gasteiger partial charge on any atom is -0.185 e. The SMILES string of the molecule is C=CC[C@]1(C)[C@@]2(C)N=N[C@@]1(c1ccccc1)[C@@H]1C=C[C@@H]12. The number of rotatable bonds is 3. The Balaban J connectivity index is 1.99. The van der Waals surface area contributed by atoms with Crippen LogP contribution in [0.3, 0.4) is 0 Å². The first-order chi connectivity index (χ1) is 9.60. The van der Waals surface area contributed by atoms with Crippen molar-refractivity contribution in [3.63, 3.8) is 0 Å². The van der Waals surface area contributed by atoms with E-state index in [1.807, 2.05) is 6.08 Å². The Morgan fingerprint density at radius 1 is 1.10 bits per heavy atom. The maximum absolute atomic E-state index is 4.86. The Bertz CT molecular complexity index is 632. The van der Waals surface area contributed by atoms with Gasteiger partial charge >= 0.3 is 0 Å². The molecule has 5 atom stereocenters. The molecule has 0 unspecified atom stereocenters. The molecule has 1 aromatic carbocycles. The molecule has 1 saturated carbocycles. The van der Waals surface area contributed by atoms with Crippen molar-refractivity contribution < 1.29 is 0 Å². The van der Waals surface area contributed by atoms with Crippen LogP contribution in [0.4, 0.5) is 0 Å². The van der Waals surface area contributed by atoms with Crippen molar-refractivity contribution in [3.8, 4) is 0 Å². The van der Waals surface area contributed by atoms with Gasteiger partial charge in [0.15, 0.2) is 0 Å². The van der Waals surface area contributed by atoms with Crippen molar-refractivity contribution in [2.75, 3.05) is 0 Å². The predicted molar refractivity (Wildman–Crippen MR) is 80.4 cm³/mol. The van der Waals surface area contributed by atoms with Gasteiger partial charge in [-0.05, 0) is 18.9 Å². The van der Waals surface area contributed by atoms with Crippen LogP contribution >= 0.6 is 0 Å². The first-order valence-electron chi connectivity index (χ1n) is 7.39. The van der Waals surface area contributed by atoms with Crippen molar-refractivity contribution in [1.29, 1.82) is 0 Å². The molecule has 2 aliphatic carbocycles. The molecule has 2 bridgehead atoms. The van der Waals surface area contributed by atoms with Gasteiger partial charge in [0, 0.05) is 17.3 Å². The number of nitrogens with zero attached hydrogens (tertiary/aromatic N) is 2. The summed E-state index contributed by atoms with van der Waals surface area (Å²) in [6, 6.07) is 10.7. The van der Waals surface area contributed by atoms with Crippen LogP contribution in [0.2, 0.25) is 0 Å². The third kappa shape index (κ3) is 0.983. The van der Waals surface area contributed by atoms with Crippen LogP contribution in [0.15, 0.2) is 65.4 Å². The lowest BCUT2D eigenvalue weighted by molar-refractivity contribution is 0.148. The number of benzene rings is 1. The third-order valence-corrected chi connectivity index (χ3v) is 6.18. The number of azo groups is 1. The van der Waals surface area contributed by atoms with E-state index in [2.05, 4.69) is 62.9 Å². The highest BCUT2D eigenvalue weighted by Gasteiger charge is 2.77. The quantitative estimate of drug-likeness (QED) is 0.718. The van der Waals surface area contributed by atoms with Gasteiger partial charge < -0.3 is 0 Å². The molecule has 4 rings (SSSR count). The van der Waals surface area contributed by atoms with E-state index >= 15 is 0 Å². The molecule has 0 spiro atoms. The van der Waals surface area contributed by atoms with Crippen molar-refractivity contribution in [3.05, 3.63) is 60.7 Å². The summed E-state index contributed by atoms with van der Waals surface area (Å²) >= 11 is 0. The summed E-state index contributed by atoms with van der Waals surface area (Å²) in [7, 11) is 0. The lowest BCUT2D eigenvalue weighted by atomic mass is 9.61. The number of allylic oxidation sites excluding steroid dienone is 1. The van der Waals surface area contributed by atoms with Crippen molar-refractivity contribution in [1.82, 2.24) is 0 Å². The minimum absolute atomic E-state index is 0.00192. The van der Waals surface area contributed by atoms with E-state index in [0.29, 0.717) is 11.8 Å². The highest BCUT2D eigenvalue weighted by atomic mass is 15.3. The fourth-order valence-electron chi connectivity index (χ4n) is 4.84. The van der Waals surface area contributed by atoms with Crippen molar-refractivity contribution in [2.24, 2.45) is 27.5 Å². The molecule has 0 saturated heterocycles. The molecule has 1 aliphatic heterocycles. The number of hydrogen-bond donors (Lipinski definition) is 0. The summed E-state index contributed by atoms with van der Waals surface area (Å²) in [5.41, 5.74) is 0.989. The van der Waals surface area contributed by atoms with Crippen LogP contribution in [-0.4, -0.2) is 5.54 Å². The molecule has 3 aliphatic rings. The summed E-state index contributed by atoms with van der Waals surface area (Å²) in [5.74, 6) is 1.00. The molecule has 1 fully saturated rings. The summed E-state index contributed by atoms with van der Waals surface area (Å²) < 4.78 is 0. The highest BCUT2D eigenvalue weighted by molar-refractivity contribution is 5.46. The normalized spacial score (nSPS) is 47.1. The van der Waals surface area contributed by atoms with E-state index in [9.17, 15) is 0 Å². The molecule has 1 aromatic rings. The molecule has 0 radical (unpaired) electrons. The maximum Gasteiger partial charge on any atom is 0.121 e. The van der Waals surface area contributed by atoms with E-state index in [-0.39, 0.29) is 16.5 Å².